The zero-order chi connectivity index (χ0) is 20.5. The lowest BCUT2D eigenvalue weighted by molar-refractivity contribution is -0.384. The topological polar surface area (TPSA) is 115 Å². The summed E-state index contributed by atoms with van der Waals surface area (Å²) in [5, 5.41) is 18.5. The van der Waals surface area contributed by atoms with E-state index in [2.05, 4.69) is 15.2 Å². The summed E-state index contributed by atoms with van der Waals surface area (Å²) in [7, 11) is 1.40. The molecule has 0 fully saturated rings. The normalized spacial score (nSPS) is 16.6. The summed E-state index contributed by atoms with van der Waals surface area (Å²) in [6.45, 7) is 0.173. The molecule has 12 heteroatoms. The number of carbonyl (C=O) groups excluding carboxylic acids is 1. The summed E-state index contributed by atoms with van der Waals surface area (Å²) in [5.41, 5.74) is -2.73. The number of allylic oxidation sites excluding steroid dienone is 1. The number of anilines is 1. The Bertz CT molecular complexity index is 954. The molecule has 0 saturated heterocycles. The molecule has 0 radical (unpaired) electrons. The molecule has 0 aromatic carbocycles. The number of rotatable bonds is 1. The van der Waals surface area contributed by atoms with E-state index in [4.69, 9.17) is 4.42 Å². The number of Topliss-reactive ketones (excluding diaryl/α,β-unsaturated/α-hetero) is 1. The van der Waals surface area contributed by atoms with Gasteiger partial charge in [-0.2, -0.15) is 13.2 Å². The number of aromatic nitrogens is 3. The molecule has 1 aliphatic heterocycles. The monoisotopic (exact) mass is 397 g/mol. The largest absolute Gasteiger partial charge is 0.420 e. The lowest BCUT2D eigenvalue weighted by Gasteiger charge is -2.22. The van der Waals surface area contributed by atoms with Gasteiger partial charge in [0.25, 0.3) is 11.8 Å². The molecule has 148 valence electrons. The predicted molar refractivity (Wildman–Crippen MR) is 89.8 cm³/mol. The highest BCUT2D eigenvalue weighted by atomic mass is 19.4. The quantitative estimate of drug-likeness (QED) is 0.408. The second-order valence-corrected chi connectivity index (χ2v) is 6.04. The maximum Gasteiger partial charge on any atom is 0.420 e. The second-order valence-electron chi connectivity index (χ2n) is 6.04. The maximum absolute atomic E-state index is 13.5. The number of halogens is 3. The Morgan fingerprint density at radius 2 is 1.89 bits per heavy atom. The van der Waals surface area contributed by atoms with E-state index in [0.717, 1.165) is 0 Å². The number of pyridine rings is 1. The number of alkyl halides is 3. The van der Waals surface area contributed by atoms with Gasteiger partial charge in [0.05, 0.1) is 4.92 Å². The summed E-state index contributed by atoms with van der Waals surface area (Å²) in [6.07, 6.45) is -0.534. The van der Waals surface area contributed by atoms with E-state index >= 15 is 0 Å². The smallest absolute Gasteiger partial charge is 0.412 e. The van der Waals surface area contributed by atoms with E-state index in [1.165, 1.54) is 11.9 Å². The van der Waals surface area contributed by atoms with Crippen molar-refractivity contribution in [1.82, 2.24) is 15.2 Å². The van der Waals surface area contributed by atoms with Crippen molar-refractivity contribution in [2.45, 2.75) is 25.4 Å². The Morgan fingerprint density at radius 1 is 1.21 bits per heavy atom. The summed E-state index contributed by atoms with van der Waals surface area (Å²) >= 11 is 0. The van der Waals surface area contributed by atoms with Crippen LogP contribution in [-0.4, -0.2) is 39.5 Å². The molecule has 28 heavy (non-hydrogen) atoms. The Balaban J connectivity index is 2.26. The number of fused-ring (bicyclic) bond motifs is 5. The van der Waals surface area contributed by atoms with Crippen LogP contribution in [0, 0.1) is 10.1 Å². The van der Waals surface area contributed by atoms with Gasteiger partial charge in [-0.3, -0.25) is 14.9 Å². The number of ketones is 1. The van der Waals surface area contributed by atoms with E-state index in [-0.39, 0.29) is 18.9 Å². The van der Waals surface area contributed by atoms with E-state index in [1.54, 1.807) is 12.2 Å². The van der Waals surface area contributed by atoms with Crippen molar-refractivity contribution in [2.24, 2.45) is 0 Å². The highest BCUT2D eigenvalue weighted by Gasteiger charge is 2.39. The standard InChI is InChI=1S/C16H14F3N5O4/c1-23-7-5-3-2-4-6-11(25)14-21-22-15(28-14)12-10(24(26)27)8-9(13(23)20-12)16(17,18)19/h2-3,8H,4-7H2,1H3/b3-2-. The first-order valence-corrected chi connectivity index (χ1v) is 8.18. The first kappa shape index (κ1) is 19.5. The molecule has 0 aliphatic carbocycles. The lowest BCUT2D eigenvalue weighted by atomic mass is 10.1. The van der Waals surface area contributed by atoms with E-state index in [9.17, 15) is 28.1 Å². The van der Waals surface area contributed by atoms with Crippen LogP contribution in [0.2, 0.25) is 0 Å². The van der Waals surface area contributed by atoms with Crippen LogP contribution < -0.4 is 4.90 Å². The Labute approximate surface area is 156 Å². The summed E-state index contributed by atoms with van der Waals surface area (Å²) in [6, 6.07) is 0.390. The van der Waals surface area contributed by atoms with Gasteiger partial charge in [0, 0.05) is 26.1 Å². The molecule has 0 spiro atoms. The van der Waals surface area contributed by atoms with Crippen LogP contribution in [0.25, 0.3) is 11.6 Å². The minimum Gasteiger partial charge on any atom is -0.412 e. The number of hydrogen-bond acceptors (Lipinski definition) is 8. The minimum absolute atomic E-state index is 0.0851. The van der Waals surface area contributed by atoms with Gasteiger partial charge in [-0.1, -0.05) is 12.2 Å². The van der Waals surface area contributed by atoms with Gasteiger partial charge in [0.15, 0.2) is 0 Å². The number of nitrogens with zero attached hydrogens (tertiary/aromatic N) is 5. The average Bonchev–Trinajstić information content (AvgIpc) is 3.11. The molecule has 0 amide bonds. The van der Waals surface area contributed by atoms with Crippen LogP contribution in [0.5, 0.6) is 0 Å². The zero-order valence-corrected chi connectivity index (χ0v) is 14.6. The van der Waals surface area contributed by atoms with Crippen molar-refractivity contribution in [3.05, 3.63) is 39.8 Å². The van der Waals surface area contributed by atoms with Gasteiger partial charge in [-0.05, 0) is 12.8 Å². The van der Waals surface area contributed by atoms with Crippen LogP contribution in [0.1, 0.15) is 35.5 Å². The molecule has 3 heterocycles. The third-order valence-electron chi connectivity index (χ3n) is 4.05. The van der Waals surface area contributed by atoms with Gasteiger partial charge in [-0.15, -0.1) is 10.2 Å². The summed E-state index contributed by atoms with van der Waals surface area (Å²) < 4.78 is 45.7. The SMILES string of the molecule is CN1CC/C=C\CCC(=O)c2nnc(o2)-c2nc1c(C(F)(F)F)cc2[N+](=O)[O-]. The zero-order valence-electron chi connectivity index (χ0n) is 14.6. The molecule has 2 aromatic rings. The first-order valence-electron chi connectivity index (χ1n) is 8.18. The van der Waals surface area contributed by atoms with Crippen LogP contribution >= 0.6 is 0 Å². The van der Waals surface area contributed by atoms with Gasteiger partial charge >= 0.3 is 11.9 Å². The van der Waals surface area contributed by atoms with Gasteiger partial charge < -0.3 is 9.32 Å². The van der Waals surface area contributed by atoms with Crippen molar-refractivity contribution in [2.75, 3.05) is 18.5 Å². The molecule has 3 rings (SSSR count). The Morgan fingerprint density at radius 3 is 2.57 bits per heavy atom. The van der Waals surface area contributed by atoms with Crippen LogP contribution in [0.15, 0.2) is 22.6 Å². The summed E-state index contributed by atoms with van der Waals surface area (Å²) in [5.74, 6) is -1.87. The molecule has 9 nitrogen and oxygen atoms in total. The third kappa shape index (κ3) is 3.85. The van der Waals surface area contributed by atoms with Crippen molar-refractivity contribution < 1.29 is 27.3 Å². The van der Waals surface area contributed by atoms with E-state index in [0.29, 0.717) is 18.9 Å². The summed E-state index contributed by atoms with van der Waals surface area (Å²) in [4.78, 5) is 27.5. The molecule has 0 unspecified atom stereocenters. The minimum atomic E-state index is -4.86. The molecule has 1 aliphatic rings. The number of carbonyl (C=O) groups is 1. The molecular weight excluding hydrogens is 383 g/mol. The van der Waals surface area contributed by atoms with Crippen molar-refractivity contribution in [3.63, 3.8) is 0 Å². The Hall–Kier alpha value is -3.31. The molecular formula is C16H14F3N5O4. The fraction of sp³-hybridized carbons (Fsp3) is 0.375. The average molecular weight is 397 g/mol. The maximum atomic E-state index is 13.5. The number of nitro groups is 1. The van der Waals surface area contributed by atoms with Gasteiger partial charge in [-0.25, -0.2) is 4.98 Å². The third-order valence-corrected chi connectivity index (χ3v) is 4.05. The molecule has 4 bridgehead atoms. The number of hydrogen-bond donors (Lipinski definition) is 0. The van der Waals surface area contributed by atoms with Crippen LogP contribution in [0.4, 0.5) is 24.7 Å². The Kier molecular flexibility index (Phi) is 5.12. The second kappa shape index (κ2) is 7.37. The molecule has 2 aromatic heterocycles. The fourth-order valence-electron chi connectivity index (χ4n) is 2.65. The molecule has 0 saturated carbocycles. The first-order chi connectivity index (χ1) is 13.2. The molecule has 0 N–H and O–H groups in total. The molecule has 0 atom stereocenters. The van der Waals surface area contributed by atoms with E-state index < -0.39 is 45.5 Å². The van der Waals surface area contributed by atoms with Gasteiger partial charge in [0.1, 0.15) is 11.4 Å². The van der Waals surface area contributed by atoms with Crippen LogP contribution in [0.3, 0.4) is 0 Å². The van der Waals surface area contributed by atoms with Crippen molar-refractivity contribution in [1.29, 1.82) is 0 Å². The van der Waals surface area contributed by atoms with Crippen molar-refractivity contribution in [3.8, 4) is 11.6 Å². The van der Waals surface area contributed by atoms with Crippen LogP contribution in [-0.2, 0) is 6.18 Å². The van der Waals surface area contributed by atoms with Gasteiger partial charge in [0.2, 0.25) is 11.5 Å². The van der Waals surface area contributed by atoms with Crippen molar-refractivity contribution >= 4 is 17.3 Å². The van der Waals surface area contributed by atoms with E-state index in [1.807, 2.05) is 0 Å². The highest BCUT2D eigenvalue weighted by Crippen LogP contribution is 2.40. The fourth-order valence-corrected chi connectivity index (χ4v) is 2.65. The highest BCUT2D eigenvalue weighted by molar-refractivity contribution is 5.91. The predicted octanol–water partition coefficient (Wildman–Crippen LogP) is 3.42. The lowest BCUT2D eigenvalue weighted by Crippen LogP contribution is -2.24.